The van der Waals surface area contributed by atoms with Crippen LogP contribution >= 0.6 is 11.6 Å². The highest BCUT2D eigenvalue weighted by Crippen LogP contribution is 2.35. The van der Waals surface area contributed by atoms with E-state index in [2.05, 4.69) is 11.8 Å². The fraction of sp³-hybridized carbons (Fsp3) is 0.375. The van der Waals surface area contributed by atoms with Crippen LogP contribution in [0.3, 0.4) is 0 Å². The number of anilines is 1. The molecule has 1 saturated heterocycles. The molecule has 1 aromatic carbocycles. The van der Waals surface area contributed by atoms with Gasteiger partial charge < -0.3 is 5.11 Å². The Kier molecular flexibility index (Phi) is 4.66. The van der Waals surface area contributed by atoms with Crippen LogP contribution in [-0.2, 0) is 9.59 Å². The standard InChI is InChI=1S/C16H16ClNO3/c1-10-11(2)16(21)18(15(10)20)14-9-12(5-3-4-8-19)6-7-13(14)17/h6-7,9-11,19H,4,8H2,1-2H3. The molecule has 0 bridgehead atoms. The normalized spacial score (nSPS) is 21.4. The third-order valence-corrected chi connectivity index (χ3v) is 3.95. The Labute approximate surface area is 128 Å². The fourth-order valence-electron chi connectivity index (χ4n) is 2.16. The predicted octanol–water partition coefficient (Wildman–Crippen LogP) is 2.22. The number of halogens is 1. The van der Waals surface area contributed by atoms with Crippen LogP contribution in [0.15, 0.2) is 18.2 Å². The summed E-state index contributed by atoms with van der Waals surface area (Å²) >= 11 is 6.13. The van der Waals surface area contributed by atoms with Crippen LogP contribution in [-0.4, -0.2) is 23.5 Å². The minimum Gasteiger partial charge on any atom is -0.395 e. The second-order valence-electron chi connectivity index (χ2n) is 5.03. The molecule has 2 rings (SSSR count). The van der Waals surface area contributed by atoms with E-state index in [0.29, 0.717) is 22.7 Å². The van der Waals surface area contributed by atoms with E-state index in [1.807, 2.05) is 0 Å². The van der Waals surface area contributed by atoms with Crippen LogP contribution in [0.1, 0.15) is 25.8 Å². The second-order valence-corrected chi connectivity index (χ2v) is 5.44. The number of imide groups is 1. The molecule has 0 radical (unpaired) electrons. The zero-order valence-corrected chi connectivity index (χ0v) is 12.6. The number of hydrogen-bond donors (Lipinski definition) is 1. The molecular weight excluding hydrogens is 290 g/mol. The van der Waals surface area contributed by atoms with Crippen molar-refractivity contribution in [1.29, 1.82) is 0 Å². The minimum atomic E-state index is -0.349. The maximum absolute atomic E-state index is 12.2. The summed E-state index contributed by atoms with van der Waals surface area (Å²) in [6, 6.07) is 4.97. The van der Waals surface area contributed by atoms with Crippen molar-refractivity contribution in [3.63, 3.8) is 0 Å². The molecule has 1 aliphatic heterocycles. The number of rotatable bonds is 2. The molecule has 0 aliphatic carbocycles. The van der Waals surface area contributed by atoms with Crippen molar-refractivity contribution in [1.82, 2.24) is 0 Å². The van der Waals surface area contributed by atoms with E-state index in [1.54, 1.807) is 32.0 Å². The molecule has 5 heteroatoms. The first-order valence-corrected chi connectivity index (χ1v) is 7.12. The monoisotopic (exact) mass is 305 g/mol. The van der Waals surface area contributed by atoms with Crippen molar-refractivity contribution in [2.45, 2.75) is 20.3 Å². The van der Waals surface area contributed by atoms with Gasteiger partial charge in [-0.2, -0.15) is 0 Å². The van der Waals surface area contributed by atoms with Crippen LogP contribution in [0, 0.1) is 23.7 Å². The van der Waals surface area contributed by atoms with Crippen molar-refractivity contribution in [2.75, 3.05) is 11.5 Å². The summed E-state index contributed by atoms with van der Waals surface area (Å²) in [5.74, 6) is 4.49. The summed E-state index contributed by atoms with van der Waals surface area (Å²) in [7, 11) is 0. The smallest absolute Gasteiger partial charge is 0.237 e. The SMILES string of the molecule is CC1C(=O)N(c2cc(C#CCCO)ccc2Cl)C(=O)C1C. The second kappa shape index (κ2) is 6.30. The number of aliphatic hydroxyl groups is 1. The number of aliphatic hydroxyl groups excluding tert-OH is 1. The maximum Gasteiger partial charge on any atom is 0.237 e. The van der Waals surface area contributed by atoms with Gasteiger partial charge in [-0.25, -0.2) is 4.90 Å². The summed E-state index contributed by atoms with van der Waals surface area (Å²) in [6.07, 6.45) is 0.369. The quantitative estimate of drug-likeness (QED) is 0.673. The third kappa shape index (κ3) is 2.94. The number of hydrogen-bond acceptors (Lipinski definition) is 3. The van der Waals surface area contributed by atoms with E-state index in [0.717, 1.165) is 4.90 Å². The topological polar surface area (TPSA) is 57.6 Å². The maximum atomic E-state index is 12.2. The number of carbonyl (C=O) groups excluding carboxylic acids is 2. The highest BCUT2D eigenvalue weighted by Gasteiger charge is 2.43. The van der Waals surface area contributed by atoms with Gasteiger partial charge in [0, 0.05) is 23.8 Å². The fourth-order valence-corrected chi connectivity index (χ4v) is 2.37. The molecule has 2 atom stereocenters. The Bertz CT molecular complexity index is 625. The Balaban J connectivity index is 2.40. The average Bonchev–Trinajstić information content (AvgIpc) is 2.66. The van der Waals surface area contributed by atoms with E-state index >= 15 is 0 Å². The van der Waals surface area contributed by atoms with Crippen LogP contribution in [0.25, 0.3) is 0 Å². The van der Waals surface area contributed by atoms with Crippen molar-refractivity contribution in [2.24, 2.45) is 11.8 Å². The molecule has 4 nitrogen and oxygen atoms in total. The van der Waals surface area contributed by atoms with Gasteiger partial charge in [0.1, 0.15) is 0 Å². The Morgan fingerprint density at radius 2 is 1.86 bits per heavy atom. The molecule has 0 aromatic heterocycles. The number of benzene rings is 1. The van der Waals surface area contributed by atoms with Crippen LogP contribution in [0.2, 0.25) is 5.02 Å². The van der Waals surface area contributed by atoms with Crippen LogP contribution in [0.4, 0.5) is 5.69 Å². The summed E-state index contributed by atoms with van der Waals surface area (Å²) < 4.78 is 0. The van der Waals surface area contributed by atoms with E-state index in [1.165, 1.54) is 0 Å². The summed E-state index contributed by atoms with van der Waals surface area (Å²) in [6.45, 7) is 3.47. The van der Waals surface area contributed by atoms with Gasteiger partial charge in [0.2, 0.25) is 11.8 Å². The van der Waals surface area contributed by atoms with Crippen molar-refractivity contribution in [3.05, 3.63) is 28.8 Å². The van der Waals surface area contributed by atoms with Gasteiger partial charge in [0.05, 0.1) is 17.3 Å². The molecule has 21 heavy (non-hydrogen) atoms. The first-order valence-electron chi connectivity index (χ1n) is 6.74. The minimum absolute atomic E-state index is 0.00836. The van der Waals surface area contributed by atoms with E-state index in [4.69, 9.17) is 16.7 Å². The van der Waals surface area contributed by atoms with Crippen LogP contribution < -0.4 is 4.90 Å². The lowest BCUT2D eigenvalue weighted by Gasteiger charge is -2.16. The molecule has 2 amide bonds. The highest BCUT2D eigenvalue weighted by molar-refractivity contribution is 6.36. The van der Waals surface area contributed by atoms with Crippen molar-refractivity contribution >= 4 is 29.1 Å². The Morgan fingerprint density at radius 3 is 2.43 bits per heavy atom. The summed E-state index contributed by atoms with van der Waals surface area (Å²) in [4.78, 5) is 25.6. The number of amides is 2. The molecule has 110 valence electrons. The number of carbonyl (C=O) groups is 2. The zero-order valence-electron chi connectivity index (χ0n) is 11.9. The number of nitrogens with zero attached hydrogens (tertiary/aromatic N) is 1. The predicted molar refractivity (Wildman–Crippen MR) is 80.9 cm³/mol. The Hall–Kier alpha value is -1.83. The molecule has 1 N–H and O–H groups in total. The molecule has 2 unspecified atom stereocenters. The van der Waals surface area contributed by atoms with Gasteiger partial charge in [0.15, 0.2) is 0 Å². The molecule has 0 spiro atoms. The lowest BCUT2D eigenvalue weighted by Crippen LogP contribution is -2.30. The molecular formula is C16H16ClNO3. The molecule has 0 saturated carbocycles. The highest BCUT2D eigenvalue weighted by atomic mass is 35.5. The lowest BCUT2D eigenvalue weighted by molar-refractivity contribution is -0.122. The van der Waals surface area contributed by atoms with Gasteiger partial charge in [0.25, 0.3) is 0 Å². The van der Waals surface area contributed by atoms with Gasteiger partial charge in [-0.15, -0.1) is 0 Å². The van der Waals surface area contributed by atoms with Gasteiger partial charge in [-0.1, -0.05) is 37.3 Å². The van der Waals surface area contributed by atoms with Gasteiger partial charge in [-0.3, -0.25) is 9.59 Å². The van der Waals surface area contributed by atoms with Gasteiger partial charge in [-0.05, 0) is 18.2 Å². The Morgan fingerprint density at radius 1 is 1.24 bits per heavy atom. The van der Waals surface area contributed by atoms with E-state index in [9.17, 15) is 9.59 Å². The molecule has 1 aliphatic rings. The first-order chi connectivity index (χ1) is 9.97. The zero-order chi connectivity index (χ0) is 15.6. The van der Waals surface area contributed by atoms with Gasteiger partial charge >= 0.3 is 0 Å². The first kappa shape index (κ1) is 15.6. The van der Waals surface area contributed by atoms with Crippen molar-refractivity contribution < 1.29 is 14.7 Å². The average molecular weight is 306 g/mol. The summed E-state index contributed by atoms with van der Waals surface area (Å²) in [5.41, 5.74) is 1.02. The summed E-state index contributed by atoms with van der Waals surface area (Å²) in [5, 5.41) is 9.06. The largest absolute Gasteiger partial charge is 0.395 e. The molecule has 1 heterocycles. The molecule has 1 aromatic rings. The third-order valence-electron chi connectivity index (χ3n) is 3.63. The van der Waals surface area contributed by atoms with E-state index in [-0.39, 0.29) is 30.3 Å². The molecule has 1 fully saturated rings. The lowest BCUT2D eigenvalue weighted by atomic mass is 10.00. The van der Waals surface area contributed by atoms with Crippen LogP contribution in [0.5, 0.6) is 0 Å². The van der Waals surface area contributed by atoms with E-state index < -0.39 is 0 Å². The van der Waals surface area contributed by atoms with Crippen molar-refractivity contribution in [3.8, 4) is 11.8 Å².